The third-order valence-corrected chi connectivity index (χ3v) is 5.38. The van der Waals surface area contributed by atoms with E-state index in [1.165, 1.54) is 32.4 Å². The van der Waals surface area contributed by atoms with Crippen molar-refractivity contribution in [2.24, 2.45) is 5.92 Å². The average Bonchev–Trinajstić information content (AvgIpc) is 2.48. The van der Waals surface area contributed by atoms with Gasteiger partial charge in [0.1, 0.15) is 0 Å². The van der Waals surface area contributed by atoms with Crippen LogP contribution in [-0.2, 0) is 0 Å². The SMILES string of the molecule is CC(CNC(=O)c1ccc(I)c(Cl)c1)CN1CCCCC1. The third kappa shape index (κ3) is 5.42. The first kappa shape index (κ1) is 17.0. The summed E-state index contributed by atoms with van der Waals surface area (Å²) in [6, 6.07) is 5.42. The first-order chi connectivity index (χ1) is 10.1. The molecule has 5 heteroatoms. The molecule has 1 amide bonds. The summed E-state index contributed by atoms with van der Waals surface area (Å²) in [7, 11) is 0. The van der Waals surface area contributed by atoms with Crippen LogP contribution in [0.3, 0.4) is 0 Å². The van der Waals surface area contributed by atoms with Crippen molar-refractivity contribution in [3.8, 4) is 0 Å². The van der Waals surface area contributed by atoms with Gasteiger partial charge in [-0.1, -0.05) is 24.9 Å². The van der Waals surface area contributed by atoms with Crippen LogP contribution < -0.4 is 5.32 Å². The molecule has 0 aliphatic carbocycles. The summed E-state index contributed by atoms with van der Waals surface area (Å²) in [6.07, 6.45) is 3.97. The summed E-state index contributed by atoms with van der Waals surface area (Å²) < 4.78 is 0.962. The maximum absolute atomic E-state index is 12.1. The molecule has 1 aromatic rings. The summed E-state index contributed by atoms with van der Waals surface area (Å²) in [5, 5.41) is 3.64. The number of carbonyl (C=O) groups is 1. The van der Waals surface area contributed by atoms with E-state index in [0.29, 0.717) is 23.0 Å². The fourth-order valence-electron chi connectivity index (χ4n) is 2.65. The van der Waals surface area contributed by atoms with Crippen LogP contribution in [0.15, 0.2) is 18.2 Å². The molecule has 1 aliphatic heterocycles. The Morgan fingerprint density at radius 1 is 1.38 bits per heavy atom. The molecule has 0 aromatic heterocycles. The van der Waals surface area contributed by atoms with Crippen molar-refractivity contribution in [1.29, 1.82) is 0 Å². The maximum Gasteiger partial charge on any atom is 0.251 e. The Morgan fingerprint density at radius 2 is 2.10 bits per heavy atom. The molecule has 0 spiro atoms. The van der Waals surface area contributed by atoms with Crippen molar-refractivity contribution >= 4 is 40.1 Å². The van der Waals surface area contributed by atoms with Crippen LogP contribution >= 0.6 is 34.2 Å². The molecule has 2 rings (SSSR count). The van der Waals surface area contributed by atoms with E-state index >= 15 is 0 Å². The minimum Gasteiger partial charge on any atom is -0.352 e. The van der Waals surface area contributed by atoms with Gasteiger partial charge in [-0.2, -0.15) is 0 Å². The van der Waals surface area contributed by atoms with Gasteiger partial charge in [0.25, 0.3) is 5.91 Å². The van der Waals surface area contributed by atoms with E-state index in [0.717, 1.165) is 10.1 Å². The predicted octanol–water partition coefficient (Wildman–Crippen LogP) is 3.80. The Balaban J connectivity index is 1.78. The first-order valence-electron chi connectivity index (χ1n) is 7.52. The molecule has 1 unspecified atom stereocenters. The first-order valence-corrected chi connectivity index (χ1v) is 8.97. The standard InChI is InChI=1S/C16H22ClIN2O/c1-12(11-20-7-3-2-4-8-20)10-19-16(21)13-5-6-15(18)14(17)9-13/h5-6,9,12H,2-4,7-8,10-11H2,1H3,(H,19,21). The lowest BCUT2D eigenvalue weighted by Gasteiger charge is -2.29. The Labute approximate surface area is 145 Å². The van der Waals surface area contributed by atoms with Crippen LogP contribution in [0.25, 0.3) is 0 Å². The lowest BCUT2D eigenvalue weighted by molar-refractivity contribution is 0.0942. The molecule has 0 bridgehead atoms. The number of hydrogen-bond acceptors (Lipinski definition) is 2. The molecular weight excluding hydrogens is 399 g/mol. The second-order valence-electron chi connectivity index (χ2n) is 5.81. The molecule has 3 nitrogen and oxygen atoms in total. The number of rotatable bonds is 5. The summed E-state index contributed by atoms with van der Waals surface area (Å²) in [6.45, 7) is 6.36. The van der Waals surface area contributed by atoms with Crippen LogP contribution in [-0.4, -0.2) is 37.0 Å². The summed E-state index contributed by atoms with van der Waals surface area (Å²) in [5.74, 6) is 0.421. The van der Waals surface area contributed by atoms with E-state index < -0.39 is 0 Å². The maximum atomic E-state index is 12.1. The zero-order valence-electron chi connectivity index (χ0n) is 12.4. The van der Waals surface area contributed by atoms with E-state index in [4.69, 9.17) is 11.6 Å². The quantitative estimate of drug-likeness (QED) is 0.735. The molecule has 1 heterocycles. The van der Waals surface area contributed by atoms with Crippen molar-refractivity contribution in [3.05, 3.63) is 32.4 Å². The minimum atomic E-state index is -0.0428. The molecule has 21 heavy (non-hydrogen) atoms. The Bertz CT molecular complexity index is 489. The fourth-order valence-corrected chi connectivity index (χ4v) is 3.17. The second kappa shape index (κ2) is 8.34. The monoisotopic (exact) mass is 420 g/mol. The molecule has 0 radical (unpaired) electrons. The number of nitrogens with one attached hydrogen (secondary N) is 1. The van der Waals surface area contributed by atoms with Gasteiger partial charge in [-0.15, -0.1) is 0 Å². The zero-order chi connectivity index (χ0) is 15.2. The van der Waals surface area contributed by atoms with Gasteiger partial charge in [0, 0.05) is 22.2 Å². The van der Waals surface area contributed by atoms with Crippen molar-refractivity contribution in [2.75, 3.05) is 26.2 Å². The molecule has 1 fully saturated rings. The number of benzene rings is 1. The van der Waals surface area contributed by atoms with Gasteiger partial charge in [0.15, 0.2) is 0 Å². The highest BCUT2D eigenvalue weighted by Gasteiger charge is 2.14. The van der Waals surface area contributed by atoms with Crippen molar-refractivity contribution in [3.63, 3.8) is 0 Å². The summed E-state index contributed by atoms with van der Waals surface area (Å²) >= 11 is 8.21. The van der Waals surface area contributed by atoms with Gasteiger partial charge < -0.3 is 10.2 Å². The average molecular weight is 421 g/mol. The van der Waals surface area contributed by atoms with Crippen LogP contribution in [0, 0.1) is 9.49 Å². The number of nitrogens with zero attached hydrogens (tertiary/aromatic N) is 1. The van der Waals surface area contributed by atoms with Crippen LogP contribution in [0.5, 0.6) is 0 Å². The van der Waals surface area contributed by atoms with Crippen molar-refractivity contribution < 1.29 is 4.79 Å². The van der Waals surface area contributed by atoms with Crippen LogP contribution in [0.4, 0.5) is 0 Å². The molecule has 1 atom stereocenters. The normalized spacial score (nSPS) is 17.5. The number of carbonyl (C=O) groups excluding carboxylic acids is 1. The smallest absolute Gasteiger partial charge is 0.251 e. The Kier molecular flexibility index (Phi) is 6.76. The van der Waals surface area contributed by atoms with Crippen LogP contribution in [0.1, 0.15) is 36.5 Å². The van der Waals surface area contributed by atoms with E-state index in [-0.39, 0.29) is 5.91 Å². The lowest BCUT2D eigenvalue weighted by atomic mass is 10.1. The Morgan fingerprint density at radius 3 is 2.76 bits per heavy atom. The van der Waals surface area contributed by atoms with Crippen molar-refractivity contribution in [1.82, 2.24) is 10.2 Å². The number of likely N-dealkylation sites (tertiary alicyclic amines) is 1. The molecule has 116 valence electrons. The highest BCUT2D eigenvalue weighted by Crippen LogP contribution is 2.19. The van der Waals surface area contributed by atoms with Gasteiger partial charge in [0.2, 0.25) is 0 Å². The number of amides is 1. The predicted molar refractivity (Wildman–Crippen MR) is 96.0 cm³/mol. The highest BCUT2D eigenvalue weighted by atomic mass is 127. The third-order valence-electron chi connectivity index (χ3n) is 3.81. The molecule has 1 saturated heterocycles. The molecule has 1 N–H and O–H groups in total. The highest BCUT2D eigenvalue weighted by molar-refractivity contribution is 14.1. The molecule has 1 aromatic carbocycles. The van der Waals surface area contributed by atoms with E-state index in [1.807, 2.05) is 12.1 Å². The minimum absolute atomic E-state index is 0.0428. The molecule has 1 aliphatic rings. The van der Waals surface area contributed by atoms with E-state index in [1.54, 1.807) is 6.07 Å². The van der Waals surface area contributed by atoms with Crippen molar-refractivity contribution in [2.45, 2.75) is 26.2 Å². The topological polar surface area (TPSA) is 32.3 Å². The number of piperidine rings is 1. The largest absolute Gasteiger partial charge is 0.352 e. The second-order valence-corrected chi connectivity index (χ2v) is 7.37. The van der Waals surface area contributed by atoms with Gasteiger partial charge in [-0.25, -0.2) is 0 Å². The van der Waals surface area contributed by atoms with E-state index in [2.05, 4.69) is 39.7 Å². The Hall–Kier alpha value is -0.330. The van der Waals surface area contributed by atoms with Gasteiger partial charge >= 0.3 is 0 Å². The van der Waals surface area contributed by atoms with Gasteiger partial charge in [0.05, 0.1) is 5.02 Å². The van der Waals surface area contributed by atoms with Crippen LogP contribution in [0.2, 0.25) is 5.02 Å². The summed E-state index contributed by atoms with van der Waals surface area (Å²) in [5.41, 5.74) is 0.630. The van der Waals surface area contributed by atoms with Gasteiger partial charge in [-0.05, 0) is 72.6 Å². The molecular formula is C16H22ClIN2O. The lowest BCUT2D eigenvalue weighted by Crippen LogP contribution is -2.38. The van der Waals surface area contributed by atoms with Gasteiger partial charge in [-0.3, -0.25) is 4.79 Å². The van der Waals surface area contributed by atoms with E-state index in [9.17, 15) is 4.79 Å². The number of hydrogen-bond donors (Lipinski definition) is 1. The number of halogens is 2. The fraction of sp³-hybridized carbons (Fsp3) is 0.562. The zero-order valence-corrected chi connectivity index (χ0v) is 15.3. The summed E-state index contributed by atoms with van der Waals surface area (Å²) in [4.78, 5) is 14.6. The molecule has 0 saturated carbocycles.